The topological polar surface area (TPSA) is 51.2 Å². The molecule has 1 aromatic rings. The van der Waals surface area contributed by atoms with Gasteiger partial charge in [-0.2, -0.15) is 0 Å². The standard InChI is InChI=1S/C15H27ClN2O/c1-2-3-4-5-6-7-8-9-10-14(18-17)13-11-12-19-15(13)16/h11-12,14,18H,2-10,17H2,1H3. The molecule has 0 bridgehead atoms. The number of halogens is 1. The van der Waals surface area contributed by atoms with Crippen molar-refractivity contribution in [2.24, 2.45) is 5.84 Å². The fourth-order valence-electron chi connectivity index (χ4n) is 2.36. The van der Waals surface area contributed by atoms with Gasteiger partial charge in [0.1, 0.15) is 0 Å². The van der Waals surface area contributed by atoms with Crippen molar-refractivity contribution < 1.29 is 4.42 Å². The maximum Gasteiger partial charge on any atom is 0.197 e. The van der Waals surface area contributed by atoms with Crippen molar-refractivity contribution in [3.05, 3.63) is 23.1 Å². The number of nitrogens with two attached hydrogens (primary N) is 1. The van der Waals surface area contributed by atoms with E-state index in [9.17, 15) is 0 Å². The Morgan fingerprint density at radius 2 is 1.79 bits per heavy atom. The van der Waals surface area contributed by atoms with E-state index in [1.807, 2.05) is 6.07 Å². The Bertz CT molecular complexity index is 328. The lowest BCUT2D eigenvalue weighted by atomic mass is 10.0. The molecule has 3 nitrogen and oxygen atoms in total. The second-order valence-corrected chi connectivity index (χ2v) is 5.48. The number of hydrogen-bond acceptors (Lipinski definition) is 3. The molecule has 1 unspecified atom stereocenters. The highest BCUT2D eigenvalue weighted by molar-refractivity contribution is 6.29. The van der Waals surface area contributed by atoms with Crippen molar-refractivity contribution in [1.82, 2.24) is 5.43 Å². The largest absolute Gasteiger partial charge is 0.453 e. The van der Waals surface area contributed by atoms with E-state index in [1.165, 1.54) is 51.4 Å². The fourth-order valence-corrected chi connectivity index (χ4v) is 2.61. The highest BCUT2D eigenvalue weighted by Crippen LogP contribution is 2.27. The Kier molecular flexibility index (Phi) is 8.97. The zero-order chi connectivity index (χ0) is 13.9. The van der Waals surface area contributed by atoms with Crippen molar-refractivity contribution >= 4 is 11.6 Å². The van der Waals surface area contributed by atoms with Gasteiger partial charge in [-0.15, -0.1) is 0 Å². The molecule has 0 aliphatic heterocycles. The van der Waals surface area contributed by atoms with Crippen molar-refractivity contribution in [3.8, 4) is 0 Å². The average Bonchev–Trinajstić information content (AvgIpc) is 2.83. The number of nitrogens with one attached hydrogen (secondary N) is 1. The molecule has 1 rings (SSSR count). The molecule has 1 atom stereocenters. The number of rotatable bonds is 11. The molecule has 110 valence electrons. The van der Waals surface area contributed by atoms with Crippen LogP contribution in [0.1, 0.15) is 76.3 Å². The van der Waals surface area contributed by atoms with Gasteiger partial charge in [0.2, 0.25) is 0 Å². The van der Waals surface area contributed by atoms with Crippen LogP contribution in [0.25, 0.3) is 0 Å². The maximum atomic E-state index is 5.96. The molecule has 0 fully saturated rings. The molecule has 1 aromatic heterocycles. The van der Waals surface area contributed by atoms with Crippen LogP contribution in [0, 0.1) is 0 Å². The molecule has 3 N–H and O–H groups in total. The molecule has 0 aliphatic rings. The van der Waals surface area contributed by atoms with E-state index < -0.39 is 0 Å². The summed E-state index contributed by atoms with van der Waals surface area (Å²) in [5.74, 6) is 5.58. The van der Waals surface area contributed by atoms with E-state index >= 15 is 0 Å². The van der Waals surface area contributed by atoms with Gasteiger partial charge in [-0.05, 0) is 24.1 Å². The van der Waals surface area contributed by atoms with E-state index in [4.69, 9.17) is 21.9 Å². The molecule has 0 aliphatic carbocycles. The number of hydrogen-bond donors (Lipinski definition) is 2. The zero-order valence-electron chi connectivity index (χ0n) is 12.0. The van der Waals surface area contributed by atoms with Crippen LogP contribution in [0.2, 0.25) is 5.22 Å². The van der Waals surface area contributed by atoms with E-state index in [1.54, 1.807) is 6.26 Å². The van der Waals surface area contributed by atoms with E-state index in [0.29, 0.717) is 5.22 Å². The first-order chi connectivity index (χ1) is 9.29. The number of unbranched alkanes of at least 4 members (excludes halogenated alkanes) is 7. The van der Waals surface area contributed by atoms with E-state index in [2.05, 4.69) is 12.3 Å². The summed E-state index contributed by atoms with van der Waals surface area (Å²) in [6.45, 7) is 2.25. The quantitative estimate of drug-likeness (QED) is 0.343. The second kappa shape index (κ2) is 10.3. The first-order valence-corrected chi connectivity index (χ1v) is 7.86. The highest BCUT2D eigenvalue weighted by atomic mass is 35.5. The van der Waals surface area contributed by atoms with Gasteiger partial charge in [-0.25, -0.2) is 0 Å². The molecule has 0 saturated carbocycles. The van der Waals surface area contributed by atoms with Crippen LogP contribution in [0.15, 0.2) is 16.7 Å². The second-order valence-electron chi connectivity index (χ2n) is 5.13. The summed E-state index contributed by atoms with van der Waals surface area (Å²) < 4.78 is 5.10. The summed E-state index contributed by atoms with van der Waals surface area (Å²) in [5.41, 5.74) is 3.78. The Labute approximate surface area is 121 Å². The molecular formula is C15H27ClN2O. The fraction of sp³-hybridized carbons (Fsp3) is 0.733. The third-order valence-electron chi connectivity index (χ3n) is 3.57. The summed E-state index contributed by atoms with van der Waals surface area (Å²) >= 11 is 5.96. The van der Waals surface area contributed by atoms with Crippen LogP contribution in [0.4, 0.5) is 0 Å². The lowest BCUT2D eigenvalue weighted by Crippen LogP contribution is -2.27. The van der Waals surface area contributed by atoms with Crippen molar-refractivity contribution in [2.75, 3.05) is 0 Å². The Morgan fingerprint density at radius 1 is 1.16 bits per heavy atom. The van der Waals surface area contributed by atoms with Crippen LogP contribution >= 0.6 is 11.6 Å². The summed E-state index contributed by atoms with van der Waals surface area (Å²) in [4.78, 5) is 0. The summed E-state index contributed by atoms with van der Waals surface area (Å²) in [6.07, 6.45) is 13.2. The minimum absolute atomic E-state index is 0.103. The first-order valence-electron chi connectivity index (χ1n) is 7.48. The molecule has 0 radical (unpaired) electrons. The first kappa shape index (κ1) is 16.5. The van der Waals surface area contributed by atoms with Crippen molar-refractivity contribution in [1.29, 1.82) is 0 Å². The Morgan fingerprint density at radius 3 is 2.32 bits per heavy atom. The van der Waals surface area contributed by atoms with Crippen LogP contribution in [-0.2, 0) is 0 Å². The SMILES string of the molecule is CCCCCCCCCCC(NN)c1ccoc1Cl. The molecular weight excluding hydrogens is 260 g/mol. The molecule has 19 heavy (non-hydrogen) atoms. The van der Waals surface area contributed by atoms with Gasteiger partial charge in [0, 0.05) is 5.56 Å². The van der Waals surface area contributed by atoms with E-state index in [0.717, 1.165) is 12.0 Å². The van der Waals surface area contributed by atoms with Gasteiger partial charge >= 0.3 is 0 Å². The van der Waals surface area contributed by atoms with Crippen LogP contribution in [0.5, 0.6) is 0 Å². The summed E-state index contributed by atoms with van der Waals surface area (Å²) in [6, 6.07) is 1.99. The van der Waals surface area contributed by atoms with Crippen LogP contribution in [-0.4, -0.2) is 0 Å². The molecule has 0 amide bonds. The lowest BCUT2D eigenvalue weighted by Gasteiger charge is -2.14. The Balaban J connectivity index is 2.09. The molecule has 0 saturated heterocycles. The van der Waals surface area contributed by atoms with Crippen molar-refractivity contribution in [2.45, 2.75) is 70.8 Å². The van der Waals surface area contributed by atoms with E-state index in [-0.39, 0.29) is 6.04 Å². The van der Waals surface area contributed by atoms with Crippen LogP contribution in [0.3, 0.4) is 0 Å². The molecule has 1 heterocycles. The third-order valence-corrected chi connectivity index (χ3v) is 3.88. The maximum absolute atomic E-state index is 5.96. The molecule has 0 aromatic carbocycles. The van der Waals surface area contributed by atoms with Gasteiger partial charge in [-0.3, -0.25) is 11.3 Å². The normalized spacial score (nSPS) is 12.8. The molecule has 4 heteroatoms. The zero-order valence-corrected chi connectivity index (χ0v) is 12.7. The minimum atomic E-state index is 0.103. The van der Waals surface area contributed by atoms with Gasteiger partial charge < -0.3 is 4.42 Å². The van der Waals surface area contributed by atoms with Gasteiger partial charge in [0.05, 0.1) is 12.3 Å². The Hall–Kier alpha value is -0.510. The van der Waals surface area contributed by atoms with Crippen molar-refractivity contribution in [3.63, 3.8) is 0 Å². The van der Waals surface area contributed by atoms with Gasteiger partial charge in [-0.1, -0.05) is 58.3 Å². The van der Waals surface area contributed by atoms with Crippen LogP contribution < -0.4 is 11.3 Å². The smallest absolute Gasteiger partial charge is 0.197 e. The summed E-state index contributed by atoms with van der Waals surface area (Å²) in [5, 5.41) is 0.447. The predicted octanol–water partition coefficient (Wildman–Crippen LogP) is 4.97. The lowest BCUT2D eigenvalue weighted by molar-refractivity contribution is 0.468. The summed E-state index contributed by atoms with van der Waals surface area (Å²) in [7, 11) is 0. The monoisotopic (exact) mass is 286 g/mol. The van der Waals surface area contributed by atoms with Gasteiger partial charge in [0.25, 0.3) is 0 Å². The number of furan rings is 1. The third kappa shape index (κ3) is 6.46. The average molecular weight is 287 g/mol. The minimum Gasteiger partial charge on any atom is -0.453 e. The highest BCUT2D eigenvalue weighted by Gasteiger charge is 2.14. The van der Waals surface area contributed by atoms with Gasteiger partial charge in [0.15, 0.2) is 5.22 Å². The molecule has 0 spiro atoms. The number of hydrazine groups is 1. The predicted molar refractivity (Wildman–Crippen MR) is 81.0 cm³/mol.